The van der Waals surface area contributed by atoms with Crippen molar-refractivity contribution in [3.63, 3.8) is 0 Å². The van der Waals surface area contributed by atoms with Crippen LogP contribution in [0, 0.1) is 5.92 Å². The van der Waals surface area contributed by atoms with Crippen molar-refractivity contribution < 1.29 is 0 Å². The van der Waals surface area contributed by atoms with Crippen LogP contribution in [0.15, 0.2) is 0 Å². The molecule has 1 unspecified atom stereocenters. The fourth-order valence-electron chi connectivity index (χ4n) is 2.30. The van der Waals surface area contributed by atoms with Gasteiger partial charge in [-0.1, -0.05) is 6.42 Å². The van der Waals surface area contributed by atoms with Gasteiger partial charge in [0.1, 0.15) is 10.0 Å². The highest BCUT2D eigenvalue weighted by Crippen LogP contribution is 2.37. The van der Waals surface area contributed by atoms with Crippen LogP contribution in [0.3, 0.4) is 0 Å². The van der Waals surface area contributed by atoms with Crippen LogP contribution < -0.4 is 5.32 Å². The lowest BCUT2D eigenvalue weighted by Crippen LogP contribution is -2.10. The SMILES string of the molecule is C1CC(c2nnc(CC3CCNC3)s2)C1. The first-order valence-electron chi connectivity index (χ1n) is 5.95. The summed E-state index contributed by atoms with van der Waals surface area (Å²) in [4.78, 5) is 0. The summed E-state index contributed by atoms with van der Waals surface area (Å²) in [7, 11) is 0. The predicted octanol–water partition coefficient (Wildman–Crippen LogP) is 1.96. The van der Waals surface area contributed by atoms with Gasteiger partial charge in [0.2, 0.25) is 0 Å². The molecule has 3 rings (SSSR count). The minimum atomic E-state index is 0.748. The second-order valence-corrected chi connectivity index (χ2v) is 5.82. The van der Waals surface area contributed by atoms with Crippen molar-refractivity contribution in [3.05, 3.63) is 10.0 Å². The van der Waals surface area contributed by atoms with Gasteiger partial charge in [-0.3, -0.25) is 0 Å². The maximum atomic E-state index is 4.33. The first kappa shape index (κ1) is 9.73. The lowest BCUT2D eigenvalue weighted by Gasteiger charge is -2.21. The molecule has 2 fully saturated rings. The molecule has 0 radical (unpaired) electrons. The van der Waals surface area contributed by atoms with Crippen molar-refractivity contribution in [2.24, 2.45) is 5.92 Å². The normalized spacial score (nSPS) is 26.8. The van der Waals surface area contributed by atoms with Crippen molar-refractivity contribution in [1.82, 2.24) is 15.5 Å². The number of hydrogen-bond donors (Lipinski definition) is 1. The largest absolute Gasteiger partial charge is 0.316 e. The van der Waals surface area contributed by atoms with Crippen LogP contribution in [-0.2, 0) is 6.42 Å². The third kappa shape index (κ3) is 2.06. The molecule has 1 saturated carbocycles. The van der Waals surface area contributed by atoms with Gasteiger partial charge in [-0.25, -0.2) is 0 Å². The Labute approximate surface area is 94.3 Å². The van der Waals surface area contributed by atoms with Gasteiger partial charge in [0, 0.05) is 12.3 Å². The van der Waals surface area contributed by atoms with Gasteiger partial charge in [-0.05, 0) is 38.3 Å². The highest BCUT2D eigenvalue weighted by atomic mass is 32.1. The zero-order valence-corrected chi connectivity index (χ0v) is 9.72. The Hall–Kier alpha value is -0.480. The summed E-state index contributed by atoms with van der Waals surface area (Å²) in [6, 6.07) is 0. The first-order chi connectivity index (χ1) is 7.42. The summed E-state index contributed by atoms with van der Waals surface area (Å²) in [5.74, 6) is 1.55. The fourth-order valence-corrected chi connectivity index (χ4v) is 3.43. The molecule has 1 atom stereocenters. The number of aromatic nitrogens is 2. The van der Waals surface area contributed by atoms with Crippen LogP contribution >= 0.6 is 11.3 Å². The number of nitrogens with one attached hydrogen (secondary N) is 1. The molecule has 1 saturated heterocycles. The molecule has 1 aliphatic heterocycles. The molecule has 1 N–H and O–H groups in total. The van der Waals surface area contributed by atoms with Crippen molar-refractivity contribution in [3.8, 4) is 0 Å². The Morgan fingerprint density at radius 1 is 1.27 bits per heavy atom. The second-order valence-electron chi connectivity index (χ2n) is 4.72. The highest BCUT2D eigenvalue weighted by Gasteiger charge is 2.24. The summed E-state index contributed by atoms with van der Waals surface area (Å²) in [6.45, 7) is 2.34. The molecule has 0 spiro atoms. The minimum Gasteiger partial charge on any atom is -0.316 e. The van der Waals surface area contributed by atoms with E-state index in [-0.39, 0.29) is 0 Å². The Morgan fingerprint density at radius 3 is 2.87 bits per heavy atom. The molecule has 4 heteroatoms. The number of nitrogens with zero attached hydrogens (tertiary/aromatic N) is 2. The molecule has 0 bridgehead atoms. The number of hydrogen-bond acceptors (Lipinski definition) is 4. The van der Waals surface area contributed by atoms with Gasteiger partial charge in [-0.2, -0.15) is 0 Å². The van der Waals surface area contributed by atoms with Crippen molar-refractivity contribution in [2.75, 3.05) is 13.1 Å². The Bertz CT molecular complexity index is 326. The van der Waals surface area contributed by atoms with Gasteiger partial charge in [0.25, 0.3) is 0 Å². The molecular weight excluding hydrogens is 206 g/mol. The summed E-state index contributed by atoms with van der Waals surface area (Å²) in [5.41, 5.74) is 0. The average Bonchev–Trinajstić information content (AvgIpc) is 2.75. The zero-order chi connectivity index (χ0) is 10.1. The summed E-state index contributed by atoms with van der Waals surface area (Å²) >= 11 is 1.85. The van der Waals surface area contributed by atoms with Gasteiger partial charge >= 0.3 is 0 Å². The van der Waals surface area contributed by atoms with Crippen LogP contribution in [0.1, 0.15) is 41.6 Å². The molecule has 1 aromatic rings. The van der Waals surface area contributed by atoms with Gasteiger partial charge < -0.3 is 5.32 Å². The lowest BCUT2D eigenvalue weighted by molar-refractivity contribution is 0.416. The van der Waals surface area contributed by atoms with Crippen molar-refractivity contribution in [2.45, 2.75) is 38.0 Å². The van der Waals surface area contributed by atoms with E-state index >= 15 is 0 Å². The van der Waals surface area contributed by atoms with E-state index in [4.69, 9.17) is 0 Å². The molecule has 0 aromatic carbocycles. The first-order valence-corrected chi connectivity index (χ1v) is 6.76. The van der Waals surface area contributed by atoms with E-state index in [0.29, 0.717) is 0 Å². The third-order valence-corrected chi connectivity index (χ3v) is 4.67. The molecule has 2 aliphatic rings. The minimum absolute atomic E-state index is 0.748. The quantitative estimate of drug-likeness (QED) is 0.851. The van der Waals surface area contributed by atoms with Crippen LogP contribution in [0.4, 0.5) is 0 Å². The summed E-state index contributed by atoms with van der Waals surface area (Å²) in [5, 5.41) is 14.6. The zero-order valence-electron chi connectivity index (χ0n) is 8.91. The van der Waals surface area contributed by atoms with Crippen LogP contribution in [0.25, 0.3) is 0 Å². The maximum Gasteiger partial charge on any atom is 0.120 e. The Kier molecular flexibility index (Phi) is 2.71. The smallest absolute Gasteiger partial charge is 0.120 e. The summed E-state index contributed by atoms with van der Waals surface area (Å²) in [6.07, 6.45) is 6.49. The van der Waals surface area contributed by atoms with Crippen molar-refractivity contribution >= 4 is 11.3 Å². The van der Waals surface area contributed by atoms with Gasteiger partial charge in [0.15, 0.2) is 0 Å². The van der Waals surface area contributed by atoms with E-state index in [9.17, 15) is 0 Å². The van der Waals surface area contributed by atoms with E-state index in [0.717, 1.165) is 18.3 Å². The van der Waals surface area contributed by atoms with Crippen molar-refractivity contribution in [1.29, 1.82) is 0 Å². The Balaban J connectivity index is 1.62. The van der Waals surface area contributed by atoms with E-state index < -0.39 is 0 Å². The lowest BCUT2D eigenvalue weighted by atomic mass is 9.86. The molecule has 1 aromatic heterocycles. The van der Waals surface area contributed by atoms with E-state index in [2.05, 4.69) is 15.5 Å². The Morgan fingerprint density at radius 2 is 2.20 bits per heavy atom. The third-order valence-electron chi connectivity index (χ3n) is 3.56. The molecule has 2 heterocycles. The molecule has 82 valence electrons. The standard InChI is InChI=1S/C11H17N3S/c1-2-9(3-1)11-14-13-10(15-11)6-8-4-5-12-7-8/h8-9,12H,1-7H2. The second kappa shape index (κ2) is 4.18. The number of rotatable bonds is 3. The molecule has 1 aliphatic carbocycles. The van der Waals surface area contributed by atoms with Gasteiger partial charge in [-0.15, -0.1) is 21.5 Å². The molecular formula is C11H17N3S. The molecule has 3 nitrogen and oxygen atoms in total. The molecule has 0 amide bonds. The maximum absolute atomic E-state index is 4.33. The van der Waals surface area contributed by atoms with E-state index in [1.54, 1.807) is 0 Å². The summed E-state index contributed by atoms with van der Waals surface area (Å²) < 4.78 is 0. The molecule has 15 heavy (non-hydrogen) atoms. The van der Waals surface area contributed by atoms with Gasteiger partial charge in [0.05, 0.1) is 0 Å². The topological polar surface area (TPSA) is 37.8 Å². The van der Waals surface area contributed by atoms with Crippen LogP contribution in [0.2, 0.25) is 0 Å². The van der Waals surface area contributed by atoms with E-state index in [1.807, 2.05) is 11.3 Å². The van der Waals surface area contributed by atoms with E-state index in [1.165, 1.54) is 48.8 Å². The highest BCUT2D eigenvalue weighted by molar-refractivity contribution is 7.11. The average molecular weight is 223 g/mol. The monoisotopic (exact) mass is 223 g/mol. The predicted molar refractivity (Wildman–Crippen MR) is 61.2 cm³/mol. The fraction of sp³-hybridized carbons (Fsp3) is 0.818. The van der Waals surface area contributed by atoms with Crippen LogP contribution in [-0.4, -0.2) is 23.3 Å². The van der Waals surface area contributed by atoms with Crippen LogP contribution in [0.5, 0.6) is 0 Å².